The van der Waals surface area contributed by atoms with E-state index in [0.29, 0.717) is 18.6 Å². The summed E-state index contributed by atoms with van der Waals surface area (Å²) < 4.78 is 0. The highest BCUT2D eigenvalue weighted by Crippen LogP contribution is 2.22. The fraction of sp³-hybridized carbons (Fsp3) is 0.611. The van der Waals surface area contributed by atoms with Crippen molar-refractivity contribution in [3.63, 3.8) is 0 Å². The highest BCUT2D eigenvalue weighted by molar-refractivity contribution is 5.93. The maximum atomic E-state index is 12.4. The quantitative estimate of drug-likeness (QED) is 0.897. The van der Waals surface area contributed by atoms with E-state index in [4.69, 9.17) is 0 Å². The second-order valence-electron chi connectivity index (χ2n) is 6.67. The zero-order valence-electron chi connectivity index (χ0n) is 13.7. The van der Waals surface area contributed by atoms with Crippen molar-refractivity contribution in [2.75, 3.05) is 25.0 Å². The SMILES string of the molecule is CCc1cccc(C)c1NC(=O)CN1CCC2CCC(C1)N2. The molecule has 0 spiro atoms. The van der Waals surface area contributed by atoms with Gasteiger partial charge < -0.3 is 10.6 Å². The number of nitrogens with zero attached hydrogens (tertiary/aromatic N) is 1. The predicted octanol–water partition coefficient (Wildman–Crippen LogP) is 2.32. The number of anilines is 1. The first-order chi connectivity index (χ1) is 10.7. The van der Waals surface area contributed by atoms with Crippen molar-refractivity contribution in [1.29, 1.82) is 0 Å². The predicted molar refractivity (Wildman–Crippen MR) is 90.2 cm³/mol. The van der Waals surface area contributed by atoms with E-state index in [1.165, 1.54) is 18.4 Å². The van der Waals surface area contributed by atoms with E-state index >= 15 is 0 Å². The van der Waals surface area contributed by atoms with Crippen LogP contribution < -0.4 is 10.6 Å². The molecule has 1 amide bonds. The summed E-state index contributed by atoms with van der Waals surface area (Å²) in [7, 11) is 0. The molecule has 2 fully saturated rings. The minimum Gasteiger partial charge on any atom is -0.324 e. The zero-order valence-corrected chi connectivity index (χ0v) is 13.7. The van der Waals surface area contributed by atoms with Crippen LogP contribution in [-0.4, -0.2) is 42.5 Å². The fourth-order valence-electron chi connectivity index (χ4n) is 3.74. The van der Waals surface area contributed by atoms with E-state index in [1.807, 2.05) is 0 Å². The Bertz CT molecular complexity index is 543. The number of para-hydroxylation sites is 1. The Morgan fingerprint density at radius 3 is 2.95 bits per heavy atom. The Morgan fingerprint density at radius 2 is 2.14 bits per heavy atom. The Labute approximate surface area is 133 Å². The molecule has 1 aromatic rings. The van der Waals surface area contributed by atoms with Gasteiger partial charge in [0.1, 0.15) is 0 Å². The molecule has 2 heterocycles. The molecule has 4 heteroatoms. The van der Waals surface area contributed by atoms with E-state index in [9.17, 15) is 4.79 Å². The molecule has 2 unspecified atom stereocenters. The van der Waals surface area contributed by atoms with E-state index < -0.39 is 0 Å². The van der Waals surface area contributed by atoms with Crippen molar-refractivity contribution >= 4 is 11.6 Å². The maximum Gasteiger partial charge on any atom is 0.238 e. The van der Waals surface area contributed by atoms with Gasteiger partial charge in [-0.05, 0) is 43.7 Å². The molecular formula is C18H27N3O. The largest absolute Gasteiger partial charge is 0.324 e. The van der Waals surface area contributed by atoms with Gasteiger partial charge in [-0.25, -0.2) is 0 Å². The number of amides is 1. The number of carbonyl (C=O) groups is 1. The van der Waals surface area contributed by atoms with Crippen LogP contribution in [0.25, 0.3) is 0 Å². The van der Waals surface area contributed by atoms with Crippen molar-refractivity contribution in [1.82, 2.24) is 10.2 Å². The zero-order chi connectivity index (χ0) is 15.5. The monoisotopic (exact) mass is 301 g/mol. The van der Waals surface area contributed by atoms with Crippen LogP contribution in [0, 0.1) is 6.92 Å². The lowest BCUT2D eigenvalue weighted by atomic mass is 10.1. The van der Waals surface area contributed by atoms with E-state index in [2.05, 4.69) is 47.6 Å². The van der Waals surface area contributed by atoms with Crippen LogP contribution in [0.1, 0.15) is 37.3 Å². The smallest absolute Gasteiger partial charge is 0.238 e. The van der Waals surface area contributed by atoms with Gasteiger partial charge in [0.25, 0.3) is 0 Å². The Morgan fingerprint density at radius 1 is 1.32 bits per heavy atom. The Kier molecular flexibility index (Phi) is 4.79. The minimum absolute atomic E-state index is 0.113. The summed E-state index contributed by atoms with van der Waals surface area (Å²) in [5.41, 5.74) is 3.36. The van der Waals surface area contributed by atoms with Crippen molar-refractivity contribution in [2.45, 2.75) is 51.6 Å². The van der Waals surface area contributed by atoms with Gasteiger partial charge >= 0.3 is 0 Å². The molecule has 1 aromatic carbocycles. The Hall–Kier alpha value is -1.39. The lowest BCUT2D eigenvalue weighted by Crippen LogP contribution is -2.39. The summed E-state index contributed by atoms with van der Waals surface area (Å²) in [6.07, 6.45) is 4.65. The topological polar surface area (TPSA) is 44.4 Å². The number of nitrogens with one attached hydrogen (secondary N) is 2. The number of hydrogen-bond acceptors (Lipinski definition) is 3. The summed E-state index contributed by atoms with van der Waals surface area (Å²) in [5, 5.41) is 6.80. The third-order valence-corrected chi connectivity index (χ3v) is 4.98. The molecule has 0 aliphatic carbocycles. The second kappa shape index (κ2) is 6.80. The molecule has 4 nitrogen and oxygen atoms in total. The van der Waals surface area contributed by atoms with Crippen LogP contribution in [0.3, 0.4) is 0 Å². The van der Waals surface area contributed by atoms with Gasteiger partial charge in [0.05, 0.1) is 6.54 Å². The van der Waals surface area contributed by atoms with Crippen LogP contribution in [-0.2, 0) is 11.2 Å². The molecule has 2 aliphatic rings. The van der Waals surface area contributed by atoms with E-state index in [0.717, 1.165) is 37.2 Å². The molecule has 2 aliphatic heterocycles. The molecular weight excluding hydrogens is 274 g/mol. The molecule has 2 saturated heterocycles. The molecule has 22 heavy (non-hydrogen) atoms. The number of benzene rings is 1. The van der Waals surface area contributed by atoms with Crippen LogP contribution in [0.4, 0.5) is 5.69 Å². The van der Waals surface area contributed by atoms with Crippen LogP contribution in [0.5, 0.6) is 0 Å². The van der Waals surface area contributed by atoms with Crippen LogP contribution in [0.2, 0.25) is 0 Å². The summed E-state index contributed by atoms with van der Waals surface area (Å²) >= 11 is 0. The average molecular weight is 301 g/mol. The Balaban J connectivity index is 1.61. The summed E-state index contributed by atoms with van der Waals surface area (Å²) in [6, 6.07) is 7.45. The maximum absolute atomic E-state index is 12.4. The molecule has 2 N–H and O–H groups in total. The summed E-state index contributed by atoms with van der Waals surface area (Å²) in [5.74, 6) is 0.113. The fourth-order valence-corrected chi connectivity index (χ4v) is 3.74. The number of carbonyl (C=O) groups excluding carboxylic acids is 1. The number of fused-ring (bicyclic) bond motifs is 2. The number of hydrogen-bond donors (Lipinski definition) is 2. The molecule has 3 rings (SSSR count). The highest BCUT2D eigenvalue weighted by Gasteiger charge is 2.29. The second-order valence-corrected chi connectivity index (χ2v) is 6.67. The van der Waals surface area contributed by atoms with Gasteiger partial charge in [0, 0.05) is 30.9 Å². The molecule has 120 valence electrons. The molecule has 2 atom stereocenters. The van der Waals surface area contributed by atoms with E-state index in [-0.39, 0.29) is 5.91 Å². The van der Waals surface area contributed by atoms with Crippen molar-refractivity contribution in [3.05, 3.63) is 29.3 Å². The minimum atomic E-state index is 0.113. The van der Waals surface area contributed by atoms with Crippen molar-refractivity contribution in [2.24, 2.45) is 0 Å². The van der Waals surface area contributed by atoms with Gasteiger partial charge in [-0.2, -0.15) is 0 Å². The lowest BCUT2D eigenvalue weighted by Gasteiger charge is -2.23. The van der Waals surface area contributed by atoms with Crippen molar-refractivity contribution in [3.8, 4) is 0 Å². The van der Waals surface area contributed by atoms with Crippen LogP contribution in [0.15, 0.2) is 18.2 Å². The van der Waals surface area contributed by atoms with Gasteiger partial charge in [-0.1, -0.05) is 25.1 Å². The number of rotatable bonds is 4. The first-order valence-electron chi connectivity index (χ1n) is 8.52. The standard InChI is InChI=1S/C18H27N3O/c1-3-14-6-4-5-13(2)18(14)20-17(22)12-21-10-9-15-7-8-16(11-21)19-15/h4-6,15-16,19H,3,7-12H2,1-2H3,(H,20,22). The summed E-state index contributed by atoms with van der Waals surface area (Å²) in [6.45, 7) is 6.71. The highest BCUT2D eigenvalue weighted by atomic mass is 16.2. The molecule has 0 aromatic heterocycles. The van der Waals surface area contributed by atoms with Gasteiger partial charge in [-0.15, -0.1) is 0 Å². The third kappa shape index (κ3) is 3.50. The van der Waals surface area contributed by atoms with Crippen LogP contribution >= 0.6 is 0 Å². The lowest BCUT2D eigenvalue weighted by molar-refractivity contribution is -0.117. The third-order valence-electron chi connectivity index (χ3n) is 4.98. The number of aryl methyl sites for hydroxylation is 2. The van der Waals surface area contributed by atoms with Gasteiger partial charge in [0.15, 0.2) is 0 Å². The van der Waals surface area contributed by atoms with Gasteiger partial charge in [-0.3, -0.25) is 9.69 Å². The van der Waals surface area contributed by atoms with Crippen molar-refractivity contribution < 1.29 is 4.79 Å². The number of likely N-dealkylation sites (tertiary alicyclic amines) is 1. The van der Waals surface area contributed by atoms with Gasteiger partial charge in [0.2, 0.25) is 5.91 Å². The normalized spacial score (nSPS) is 25.0. The van der Waals surface area contributed by atoms with E-state index in [1.54, 1.807) is 0 Å². The summed E-state index contributed by atoms with van der Waals surface area (Å²) in [4.78, 5) is 14.7. The first kappa shape index (κ1) is 15.5. The average Bonchev–Trinajstić information content (AvgIpc) is 2.84. The molecule has 0 saturated carbocycles. The molecule has 2 bridgehead atoms. The first-order valence-corrected chi connectivity index (χ1v) is 8.52. The molecule has 0 radical (unpaired) electrons.